The third-order valence-corrected chi connectivity index (χ3v) is 2.73. The Bertz CT molecular complexity index is 484. The zero-order chi connectivity index (χ0) is 13.5. The van der Waals surface area contributed by atoms with E-state index in [1.54, 1.807) is 7.11 Å². The second-order valence-corrected chi connectivity index (χ2v) is 4.26. The summed E-state index contributed by atoms with van der Waals surface area (Å²) in [7, 11) is 1.61. The highest BCUT2D eigenvalue weighted by Crippen LogP contribution is 2.20. The lowest BCUT2D eigenvalue weighted by Gasteiger charge is -2.14. The van der Waals surface area contributed by atoms with E-state index in [0.29, 0.717) is 18.4 Å². The molecule has 0 aliphatic heterocycles. The van der Waals surface area contributed by atoms with Crippen molar-refractivity contribution in [3.8, 4) is 0 Å². The second-order valence-electron chi connectivity index (χ2n) is 4.26. The lowest BCUT2D eigenvalue weighted by atomic mass is 10.1. The molecule has 2 rings (SSSR count). The van der Waals surface area contributed by atoms with Gasteiger partial charge in [-0.25, -0.2) is 0 Å². The lowest BCUT2D eigenvalue weighted by Crippen LogP contribution is -2.23. The maximum atomic E-state index is 5.63. The van der Waals surface area contributed by atoms with Crippen LogP contribution in [-0.4, -0.2) is 23.9 Å². The number of nitrogens with zero attached hydrogens (tertiary/aromatic N) is 2. The van der Waals surface area contributed by atoms with E-state index in [4.69, 9.17) is 9.15 Å². The Morgan fingerprint density at radius 3 is 2.74 bits per heavy atom. The van der Waals surface area contributed by atoms with Gasteiger partial charge in [-0.3, -0.25) is 0 Å². The summed E-state index contributed by atoms with van der Waals surface area (Å²) in [4.78, 5) is 0. The number of hydrogen-bond donors (Lipinski definition) is 1. The zero-order valence-corrected chi connectivity index (χ0v) is 11.3. The van der Waals surface area contributed by atoms with E-state index >= 15 is 0 Å². The highest BCUT2D eigenvalue weighted by atomic mass is 16.5. The number of hydrogen-bond acceptors (Lipinski definition) is 5. The standard InChI is InChI=1S/C14H19N3O2/c1-3-9-15-13(11-7-5-4-6-8-11)14-17-16-12(19-14)10-18-2/h4-8,13,15H,3,9-10H2,1-2H3. The molecule has 0 fully saturated rings. The average molecular weight is 261 g/mol. The van der Waals surface area contributed by atoms with Gasteiger partial charge in [0.1, 0.15) is 12.6 Å². The summed E-state index contributed by atoms with van der Waals surface area (Å²) in [6.45, 7) is 3.35. The topological polar surface area (TPSA) is 60.2 Å². The predicted octanol–water partition coefficient (Wildman–Crippen LogP) is 2.31. The van der Waals surface area contributed by atoms with Crippen molar-refractivity contribution < 1.29 is 9.15 Å². The molecule has 1 aromatic heterocycles. The molecule has 0 aliphatic rings. The molecule has 19 heavy (non-hydrogen) atoms. The normalized spacial score (nSPS) is 12.5. The Hall–Kier alpha value is -1.72. The van der Waals surface area contributed by atoms with Crippen molar-refractivity contribution in [3.63, 3.8) is 0 Å². The molecule has 0 spiro atoms. The van der Waals surface area contributed by atoms with E-state index in [1.165, 1.54) is 0 Å². The van der Waals surface area contributed by atoms with Crippen LogP contribution in [-0.2, 0) is 11.3 Å². The van der Waals surface area contributed by atoms with E-state index in [2.05, 4.69) is 22.4 Å². The summed E-state index contributed by atoms with van der Waals surface area (Å²) in [5.41, 5.74) is 1.11. The molecule has 5 nitrogen and oxygen atoms in total. The average Bonchev–Trinajstić information content (AvgIpc) is 2.89. The van der Waals surface area contributed by atoms with Gasteiger partial charge < -0.3 is 14.5 Å². The van der Waals surface area contributed by atoms with Crippen LogP contribution in [0.5, 0.6) is 0 Å². The van der Waals surface area contributed by atoms with E-state index in [9.17, 15) is 0 Å². The lowest BCUT2D eigenvalue weighted by molar-refractivity contribution is 0.157. The number of aromatic nitrogens is 2. The number of rotatable bonds is 7. The number of benzene rings is 1. The summed E-state index contributed by atoms with van der Waals surface area (Å²) in [6, 6.07) is 10.0. The monoisotopic (exact) mass is 261 g/mol. The van der Waals surface area contributed by atoms with Crippen molar-refractivity contribution in [1.29, 1.82) is 0 Å². The fourth-order valence-corrected chi connectivity index (χ4v) is 1.85. The minimum absolute atomic E-state index is 0.0701. The molecule has 0 radical (unpaired) electrons. The van der Waals surface area contributed by atoms with Gasteiger partial charge in [-0.2, -0.15) is 0 Å². The van der Waals surface area contributed by atoms with Crippen LogP contribution in [0.15, 0.2) is 34.7 Å². The van der Waals surface area contributed by atoms with E-state index in [0.717, 1.165) is 18.5 Å². The van der Waals surface area contributed by atoms with E-state index < -0.39 is 0 Å². The van der Waals surface area contributed by atoms with Gasteiger partial charge in [0.05, 0.1) is 0 Å². The van der Waals surface area contributed by atoms with Gasteiger partial charge in [0.2, 0.25) is 11.8 Å². The first-order valence-corrected chi connectivity index (χ1v) is 6.44. The van der Waals surface area contributed by atoms with Crippen LogP contribution < -0.4 is 5.32 Å². The van der Waals surface area contributed by atoms with Crippen molar-refractivity contribution in [2.75, 3.05) is 13.7 Å². The van der Waals surface area contributed by atoms with Crippen molar-refractivity contribution in [2.24, 2.45) is 0 Å². The van der Waals surface area contributed by atoms with Crippen LogP contribution in [0.2, 0.25) is 0 Å². The molecule has 1 atom stereocenters. The second kappa shape index (κ2) is 7.01. The summed E-state index contributed by atoms with van der Waals surface area (Å²) < 4.78 is 10.6. The van der Waals surface area contributed by atoms with Crippen molar-refractivity contribution in [2.45, 2.75) is 26.0 Å². The molecule has 0 saturated carbocycles. The highest BCUT2D eigenvalue weighted by molar-refractivity contribution is 5.23. The molecular weight excluding hydrogens is 242 g/mol. The van der Waals surface area contributed by atoms with Gasteiger partial charge in [-0.1, -0.05) is 37.3 Å². The van der Waals surface area contributed by atoms with Crippen molar-refractivity contribution in [3.05, 3.63) is 47.7 Å². The number of methoxy groups -OCH3 is 1. The molecular formula is C14H19N3O2. The third-order valence-electron chi connectivity index (χ3n) is 2.73. The van der Waals surface area contributed by atoms with Gasteiger partial charge in [0, 0.05) is 7.11 Å². The van der Waals surface area contributed by atoms with Crippen LogP contribution in [0.1, 0.15) is 36.7 Å². The molecule has 1 N–H and O–H groups in total. The Morgan fingerprint density at radius 1 is 1.26 bits per heavy atom. The number of nitrogens with one attached hydrogen (secondary N) is 1. The van der Waals surface area contributed by atoms with Gasteiger partial charge in [0.25, 0.3) is 0 Å². The Morgan fingerprint density at radius 2 is 2.05 bits per heavy atom. The summed E-state index contributed by atoms with van der Waals surface area (Å²) in [5, 5.41) is 11.5. The minimum atomic E-state index is -0.0701. The molecule has 2 aromatic rings. The van der Waals surface area contributed by atoms with Gasteiger partial charge >= 0.3 is 0 Å². The Kier molecular flexibility index (Phi) is 5.06. The first kappa shape index (κ1) is 13.7. The van der Waals surface area contributed by atoms with Crippen LogP contribution in [0.4, 0.5) is 0 Å². The van der Waals surface area contributed by atoms with Crippen molar-refractivity contribution in [1.82, 2.24) is 15.5 Å². The van der Waals surface area contributed by atoms with Crippen LogP contribution >= 0.6 is 0 Å². The summed E-state index contributed by atoms with van der Waals surface area (Å²) >= 11 is 0. The van der Waals surface area contributed by atoms with Crippen LogP contribution in [0.3, 0.4) is 0 Å². The molecule has 0 saturated heterocycles. The van der Waals surface area contributed by atoms with Gasteiger partial charge in [-0.15, -0.1) is 10.2 Å². The minimum Gasteiger partial charge on any atom is -0.421 e. The largest absolute Gasteiger partial charge is 0.421 e. The molecule has 1 aromatic carbocycles. The zero-order valence-electron chi connectivity index (χ0n) is 11.3. The SMILES string of the molecule is CCCNC(c1ccccc1)c1nnc(COC)o1. The predicted molar refractivity (Wildman–Crippen MR) is 71.6 cm³/mol. The number of ether oxygens (including phenoxy) is 1. The summed E-state index contributed by atoms with van der Waals surface area (Å²) in [6.07, 6.45) is 1.04. The van der Waals surface area contributed by atoms with Gasteiger partial charge in [0.15, 0.2) is 0 Å². The molecule has 5 heteroatoms. The maximum Gasteiger partial charge on any atom is 0.242 e. The molecule has 0 amide bonds. The molecule has 102 valence electrons. The fourth-order valence-electron chi connectivity index (χ4n) is 1.85. The third kappa shape index (κ3) is 3.62. The van der Waals surface area contributed by atoms with Crippen molar-refractivity contribution >= 4 is 0 Å². The molecule has 0 aliphatic carbocycles. The quantitative estimate of drug-likeness (QED) is 0.828. The smallest absolute Gasteiger partial charge is 0.242 e. The van der Waals surface area contributed by atoms with Crippen LogP contribution in [0, 0.1) is 0 Å². The summed E-state index contributed by atoms with van der Waals surface area (Å²) in [5.74, 6) is 1.07. The van der Waals surface area contributed by atoms with Crippen LogP contribution in [0.25, 0.3) is 0 Å². The van der Waals surface area contributed by atoms with E-state index in [-0.39, 0.29) is 6.04 Å². The highest BCUT2D eigenvalue weighted by Gasteiger charge is 2.19. The first-order chi connectivity index (χ1) is 9.35. The van der Waals surface area contributed by atoms with Gasteiger partial charge in [-0.05, 0) is 18.5 Å². The Labute approximate surface area is 113 Å². The van der Waals surface area contributed by atoms with E-state index in [1.807, 2.05) is 30.3 Å². The molecule has 0 bridgehead atoms. The maximum absolute atomic E-state index is 5.63. The fraction of sp³-hybridized carbons (Fsp3) is 0.429. The molecule has 1 heterocycles. The first-order valence-electron chi connectivity index (χ1n) is 6.44. The molecule has 1 unspecified atom stereocenters. The Balaban J connectivity index is 2.21.